The Morgan fingerprint density at radius 1 is 1.24 bits per heavy atom. The van der Waals surface area contributed by atoms with Gasteiger partial charge in [0.25, 0.3) is 0 Å². The third kappa shape index (κ3) is 5.84. The fraction of sp³-hybridized carbons (Fsp3) is 0.955. The molecule has 3 fully saturated rings. The summed E-state index contributed by atoms with van der Waals surface area (Å²) in [5.41, 5.74) is -0.601. The Bertz CT molecular complexity index is 528. The van der Waals surface area contributed by atoms with Crippen molar-refractivity contribution in [2.24, 2.45) is 10.4 Å². The zero-order valence-electron chi connectivity index (χ0n) is 18.7. The maximum absolute atomic E-state index is 10.9. The highest BCUT2D eigenvalue weighted by Crippen LogP contribution is 2.53. The minimum atomic E-state index is -0.852. The van der Waals surface area contributed by atoms with Gasteiger partial charge in [-0.1, -0.05) is 19.3 Å². The van der Waals surface area contributed by atoms with Crippen molar-refractivity contribution in [3.8, 4) is 0 Å². The van der Waals surface area contributed by atoms with E-state index < -0.39 is 5.60 Å². The lowest BCUT2D eigenvalue weighted by atomic mass is 9.55. The minimum Gasteiger partial charge on any atom is -0.387 e. The highest BCUT2D eigenvalue weighted by Gasteiger charge is 2.55. The molecule has 0 aromatic carbocycles. The Labute approximate surface area is 176 Å². The van der Waals surface area contributed by atoms with Crippen molar-refractivity contribution in [3.63, 3.8) is 0 Å². The summed E-state index contributed by atoms with van der Waals surface area (Å²) in [6.07, 6.45) is 7.83. The molecule has 0 bridgehead atoms. The standard InChI is InChI=1S/C22H42N4O3/c1-4-23-20(24-16-21(3,27)17-26-11-13-28-14-12-26)25-18-15-19(29-5-2)22(18)9-7-6-8-10-22/h18-19,27H,4-17H2,1-3H3,(H2,23,24,25). The van der Waals surface area contributed by atoms with Crippen LogP contribution in [-0.4, -0.2) is 86.3 Å². The second-order valence-corrected chi connectivity index (χ2v) is 9.25. The molecule has 2 saturated carbocycles. The van der Waals surface area contributed by atoms with Crippen molar-refractivity contribution in [3.05, 3.63) is 0 Å². The number of nitrogens with one attached hydrogen (secondary N) is 2. The van der Waals surface area contributed by atoms with Crippen LogP contribution in [0.1, 0.15) is 59.3 Å². The molecule has 0 amide bonds. The highest BCUT2D eigenvalue weighted by atomic mass is 16.5. The fourth-order valence-electron chi connectivity index (χ4n) is 5.29. The molecule has 7 nitrogen and oxygen atoms in total. The first-order valence-electron chi connectivity index (χ1n) is 11.7. The molecule has 2 aliphatic carbocycles. The van der Waals surface area contributed by atoms with E-state index in [-0.39, 0.29) is 5.41 Å². The van der Waals surface area contributed by atoms with Gasteiger partial charge >= 0.3 is 0 Å². The number of hydrogen-bond donors (Lipinski definition) is 3. The van der Waals surface area contributed by atoms with Crippen molar-refractivity contribution < 1.29 is 14.6 Å². The normalized spacial score (nSPS) is 29.9. The molecule has 3 N–H and O–H groups in total. The number of morpholine rings is 1. The zero-order valence-corrected chi connectivity index (χ0v) is 18.7. The largest absolute Gasteiger partial charge is 0.387 e. The van der Waals surface area contributed by atoms with E-state index in [1.54, 1.807) is 0 Å². The average Bonchev–Trinajstić information content (AvgIpc) is 2.72. The van der Waals surface area contributed by atoms with Gasteiger partial charge in [-0.3, -0.25) is 9.89 Å². The average molecular weight is 411 g/mol. The second-order valence-electron chi connectivity index (χ2n) is 9.25. The lowest BCUT2D eigenvalue weighted by Gasteiger charge is -2.58. The third-order valence-corrected chi connectivity index (χ3v) is 6.84. The first kappa shape index (κ1) is 22.8. The second kappa shape index (κ2) is 10.4. The molecule has 3 aliphatic rings. The summed E-state index contributed by atoms with van der Waals surface area (Å²) < 4.78 is 11.5. The number of rotatable bonds is 8. The predicted molar refractivity (Wildman–Crippen MR) is 116 cm³/mol. The minimum absolute atomic E-state index is 0.251. The Morgan fingerprint density at radius 2 is 1.97 bits per heavy atom. The number of guanidine groups is 1. The molecule has 0 aromatic rings. The lowest BCUT2D eigenvalue weighted by Crippen LogP contribution is -2.66. The summed E-state index contributed by atoms with van der Waals surface area (Å²) in [4.78, 5) is 7.03. The number of β-amino-alcohol motifs (C(OH)–C–C–N with tert-alkyl or cyclic N) is 1. The summed E-state index contributed by atoms with van der Waals surface area (Å²) in [5.74, 6) is 0.819. The van der Waals surface area contributed by atoms with Gasteiger partial charge in [0.15, 0.2) is 5.96 Å². The van der Waals surface area contributed by atoms with E-state index in [9.17, 15) is 5.11 Å². The van der Waals surface area contributed by atoms with Crippen LogP contribution in [0.25, 0.3) is 0 Å². The number of hydrogen-bond acceptors (Lipinski definition) is 5. The van der Waals surface area contributed by atoms with Crippen molar-refractivity contribution in [1.82, 2.24) is 15.5 Å². The van der Waals surface area contributed by atoms with Crippen LogP contribution in [0.2, 0.25) is 0 Å². The molecule has 1 saturated heterocycles. The van der Waals surface area contributed by atoms with Gasteiger partial charge in [-0.05, 0) is 40.0 Å². The van der Waals surface area contributed by atoms with Gasteiger partial charge in [0, 0.05) is 44.2 Å². The SMILES string of the molecule is CCNC(=NCC(C)(O)CN1CCOCC1)NC1CC(OCC)C12CCCCC2. The van der Waals surface area contributed by atoms with Gasteiger partial charge in [-0.2, -0.15) is 0 Å². The van der Waals surface area contributed by atoms with E-state index in [0.29, 0.717) is 25.2 Å². The van der Waals surface area contributed by atoms with Crippen LogP contribution in [0.3, 0.4) is 0 Å². The van der Waals surface area contributed by atoms with Crippen LogP contribution < -0.4 is 10.6 Å². The van der Waals surface area contributed by atoms with Gasteiger partial charge < -0.3 is 25.2 Å². The van der Waals surface area contributed by atoms with Crippen molar-refractivity contribution in [2.45, 2.75) is 77.0 Å². The number of nitrogens with zero attached hydrogens (tertiary/aromatic N) is 2. The van der Waals surface area contributed by atoms with E-state index in [2.05, 4.69) is 29.4 Å². The fourth-order valence-corrected chi connectivity index (χ4v) is 5.29. The van der Waals surface area contributed by atoms with Gasteiger partial charge in [0.2, 0.25) is 0 Å². The molecule has 0 aromatic heterocycles. The van der Waals surface area contributed by atoms with E-state index in [1.165, 1.54) is 32.1 Å². The topological polar surface area (TPSA) is 78.4 Å². The molecule has 3 unspecified atom stereocenters. The summed E-state index contributed by atoms with van der Waals surface area (Å²) in [5, 5.41) is 18.0. The van der Waals surface area contributed by atoms with Crippen LogP contribution in [0.15, 0.2) is 4.99 Å². The highest BCUT2D eigenvalue weighted by molar-refractivity contribution is 5.80. The Morgan fingerprint density at radius 3 is 2.62 bits per heavy atom. The van der Waals surface area contributed by atoms with Gasteiger partial charge in [-0.25, -0.2) is 0 Å². The van der Waals surface area contributed by atoms with E-state index >= 15 is 0 Å². The summed E-state index contributed by atoms with van der Waals surface area (Å²) in [6.45, 7) is 11.9. The molecule has 7 heteroatoms. The molecular weight excluding hydrogens is 368 g/mol. The number of aliphatic imine (C=N–C) groups is 1. The Kier molecular flexibility index (Phi) is 8.19. The molecule has 1 spiro atoms. The molecule has 168 valence electrons. The van der Waals surface area contributed by atoms with E-state index in [1.807, 2.05) is 6.92 Å². The molecule has 0 radical (unpaired) electrons. The van der Waals surface area contributed by atoms with Crippen molar-refractivity contribution in [2.75, 3.05) is 52.5 Å². The van der Waals surface area contributed by atoms with Gasteiger partial charge in [0.05, 0.1) is 31.5 Å². The van der Waals surface area contributed by atoms with Crippen LogP contribution in [-0.2, 0) is 9.47 Å². The van der Waals surface area contributed by atoms with Crippen molar-refractivity contribution >= 4 is 5.96 Å². The maximum Gasteiger partial charge on any atom is 0.191 e. The summed E-state index contributed by atoms with van der Waals surface area (Å²) in [7, 11) is 0. The monoisotopic (exact) mass is 410 g/mol. The molecule has 3 atom stereocenters. The first-order chi connectivity index (χ1) is 14.0. The van der Waals surface area contributed by atoms with Crippen LogP contribution in [0, 0.1) is 5.41 Å². The first-order valence-corrected chi connectivity index (χ1v) is 11.7. The summed E-state index contributed by atoms with van der Waals surface area (Å²) in [6, 6.07) is 0.404. The quantitative estimate of drug-likeness (QED) is 0.418. The van der Waals surface area contributed by atoms with Gasteiger partial charge in [-0.15, -0.1) is 0 Å². The zero-order chi connectivity index (χ0) is 20.7. The summed E-state index contributed by atoms with van der Waals surface area (Å²) >= 11 is 0. The van der Waals surface area contributed by atoms with Crippen LogP contribution >= 0.6 is 0 Å². The molecular formula is C22H42N4O3. The molecule has 1 aliphatic heterocycles. The Balaban J connectivity index is 1.59. The molecule has 1 heterocycles. The third-order valence-electron chi connectivity index (χ3n) is 6.84. The lowest BCUT2D eigenvalue weighted by molar-refractivity contribution is -0.145. The van der Waals surface area contributed by atoms with E-state index in [4.69, 9.17) is 14.5 Å². The number of aliphatic hydroxyl groups is 1. The van der Waals surface area contributed by atoms with E-state index in [0.717, 1.165) is 51.8 Å². The maximum atomic E-state index is 10.9. The van der Waals surface area contributed by atoms with Crippen molar-refractivity contribution in [1.29, 1.82) is 0 Å². The Hall–Kier alpha value is -0.890. The predicted octanol–water partition coefficient (Wildman–Crippen LogP) is 1.75. The van der Waals surface area contributed by atoms with Crippen LogP contribution in [0.5, 0.6) is 0 Å². The number of ether oxygens (including phenoxy) is 2. The van der Waals surface area contributed by atoms with Crippen LogP contribution in [0.4, 0.5) is 0 Å². The molecule has 29 heavy (non-hydrogen) atoms. The molecule has 3 rings (SSSR count). The smallest absolute Gasteiger partial charge is 0.191 e. The van der Waals surface area contributed by atoms with Gasteiger partial charge in [0.1, 0.15) is 0 Å².